The van der Waals surface area contributed by atoms with Crippen LogP contribution in [0.25, 0.3) is 0 Å². The second kappa shape index (κ2) is 6.60. The molecule has 4 heteroatoms. The normalized spacial score (nSPS) is 16.7. The minimum absolute atomic E-state index is 0.244. The Morgan fingerprint density at radius 1 is 1.47 bits per heavy atom. The third-order valence-corrected chi connectivity index (χ3v) is 4.12. The highest BCUT2D eigenvalue weighted by atomic mass is 35.5. The summed E-state index contributed by atoms with van der Waals surface area (Å²) >= 11 is 6.21. The molecule has 0 heterocycles. The standard InChI is InChI=1S/C15H23ClN2O/c1-3-18(10-11-4-5-11)14(9-17)12-6-7-15(19-2)13(16)8-12/h6-8,11,14H,3-5,9-10,17H2,1-2H3. The van der Waals surface area contributed by atoms with Gasteiger partial charge in [-0.25, -0.2) is 0 Å². The van der Waals surface area contributed by atoms with Gasteiger partial charge in [0, 0.05) is 19.1 Å². The molecule has 0 radical (unpaired) electrons. The van der Waals surface area contributed by atoms with Crippen molar-refractivity contribution in [1.82, 2.24) is 4.90 Å². The quantitative estimate of drug-likeness (QED) is 0.835. The average Bonchev–Trinajstić information content (AvgIpc) is 3.22. The highest BCUT2D eigenvalue weighted by Crippen LogP contribution is 2.34. The van der Waals surface area contributed by atoms with Gasteiger partial charge in [0.2, 0.25) is 0 Å². The topological polar surface area (TPSA) is 38.5 Å². The van der Waals surface area contributed by atoms with Gasteiger partial charge in [0.1, 0.15) is 5.75 Å². The Labute approximate surface area is 120 Å². The average molecular weight is 283 g/mol. The molecule has 1 fully saturated rings. The van der Waals surface area contributed by atoms with Gasteiger partial charge in [-0.2, -0.15) is 0 Å². The van der Waals surface area contributed by atoms with Crippen LogP contribution in [0.1, 0.15) is 31.4 Å². The van der Waals surface area contributed by atoms with Crippen LogP contribution in [0.3, 0.4) is 0 Å². The maximum atomic E-state index is 6.21. The zero-order valence-corrected chi connectivity index (χ0v) is 12.5. The molecule has 1 unspecified atom stereocenters. The molecular formula is C15H23ClN2O. The van der Waals surface area contributed by atoms with Crippen LogP contribution in [-0.4, -0.2) is 31.6 Å². The fourth-order valence-electron chi connectivity index (χ4n) is 2.49. The Hall–Kier alpha value is -0.770. The molecule has 2 rings (SSSR count). The van der Waals surface area contributed by atoms with E-state index in [1.807, 2.05) is 12.1 Å². The molecule has 1 aliphatic rings. The van der Waals surface area contributed by atoms with E-state index in [1.165, 1.54) is 18.4 Å². The number of nitrogens with two attached hydrogens (primary N) is 1. The molecule has 0 spiro atoms. The van der Waals surface area contributed by atoms with Crippen LogP contribution in [-0.2, 0) is 0 Å². The van der Waals surface area contributed by atoms with Crippen LogP contribution in [0, 0.1) is 5.92 Å². The van der Waals surface area contributed by atoms with Gasteiger partial charge in [-0.15, -0.1) is 0 Å². The number of likely N-dealkylation sites (N-methyl/N-ethyl adjacent to an activating group) is 1. The fourth-order valence-corrected chi connectivity index (χ4v) is 2.76. The predicted octanol–water partition coefficient (Wildman–Crippen LogP) is 3.08. The van der Waals surface area contributed by atoms with Crippen LogP contribution < -0.4 is 10.5 Å². The van der Waals surface area contributed by atoms with Crippen molar-refractivity contribution in [1.29, 1.82) is 0 Å². The molecule has 0 bridgehead atoms. The molecule has 1 atom stereocenters. The minimum atomic E-state index is 0.244. The van der Waals surface area contributed by atoms with Crippen LogP contribution in [0.5, 0.6) is 5.75 Å². The number of hydrogen-bond acceptors (Lipinski definition) is 3. The lowest BCUT2D eigenvalue weighted by atomic mass is 10.0. The fraction of sp³-hybridized carbons (Fsp3) is 0.600. The molecule has 19 heavy (non-hydrogen) atoms. The van der Waals surface area contributed by atoms with Crippen molar-refractivity contribution >= 4 is 11.6 Å². The molecule has 0 saturated heterocycles. The van der Waals surface area contributed by atoms with E-state index in [1.54, 1.807) is 7.11 Å². The van der Waals surface area contributed by atoms with Crippen molar-refractivity contribution in [2.75, 3.05) is 26.7 Å². The number of halogens is 1. The first-order chi connectivity index (χ1) is 9.19. The van der Waals surface area contributed by atoms with E-state index in [4.69, 9.17) is 22.1 Å². The molecule has 1 saturated carbocycles. The van der Waals surface area contributed by atoms with Gasteiger partial charge >= 0.3 is 0 Å². The van der Waals surface area contributed by atoms with Crippen LogP contribution in [0.2, 0.25) is 5.02 Å². The molecule has 1 aliphatic carbocycles. The first-order valence-corrected chi connectivity index (χ1v) is 7.35. The summed E-state index contributed by atoms with van der Waals surface area (Å²) < 4.78 is 5.20. The SMILES string of the molecule is CCN(CC1CC1)C(CN)c1ccc(OC)c(Cl)c1. The summed E-state index contributed by atoms with van der Waals surface area (Å²) in [6.07, 6.45) is 2.72. The zero-order valence-electron chi connectivity index (χ0n) is 11.7. The minimum Gasteiger partial charge on any atom is -0.495 e. The summed E-state index contributed by atoms with van der Waals surface area (Å²) in [7, 11) is 1.63. The van der Waals surface area contributed by atoms with Crippen molar-refractivity contribution in [3.63, 3.8) is 0 Å². The highest BCUT2D eigenvalue weighted by molar-refractivity contribution is 6.32. The van der Waals surface area contributed by atoms with E-state index in [0.717, 1.165) is 19.0 Å². The number of rotatable bonds is 7. The Kier molecular flexibility index (Phi) is 5.08. The molecule has 3 nitrogen and oxygen atoms in total. The number of methoxy groups -OCH3 is 1. The number of benzene rings is 1. The van der Waals surface area contributed by atoms with Gasteiger partial charge in [-0.05, 0) is 43.0 Å². The lowest BCUT2D eigenvalue weighted by Crippen LogP contribution is -2.35. The summed E-state index contributed by atoms with van der Waals surface area (Å²) in [4.78, 5) is 2.45. The van der Waals surface area contributed by atoms with Crippen molar-refractivity contribution in [2.24, 2.45) is 11.7 Å². The Bertz CT molecular complexity index is 421. The van der Waals surface area contributed by atoms with E-state index in [2.05, 4.69) is 17.9 Å². The van der Waals surface area contributed by atoms with Crippen LogP contribution in [0.15, 0.2) is 18.2 Å². The van der Waals surface area contributed by atoms with Gasteiger partial charge in [0.05, 0.1) is 12.1 Å². The van der Waals surface area contributed by atoms with E-state index < -0.39 is 0 Å². The first-order valence-electron chi connectivity index (χ1n) is 6.97. The zero-order chi connectivity index (χ0) is 13.8. The predicted molar refractivity (Wildman–Crippen MR) is 79.8 cm³/mol. The first kappa shape index (κ1) is 14.6. The number of hydrogen-bond donors (Lipinski definition) is 1. The Balaban J connectivity index is 2.16. The van der Waals surface area contributed by atoms with Crippen molar-refractivity contribution < 1.29 is 4.74 Å². The second-order valence-electron chi connectivity index (χ2n) is 5.18. The molecule has 1 aromatic carbocycles. The van der Waals surface area contributed by atoms with E-state index in [-0.39, 0.29) is 6.04 Å². The second-order valence-corrected chi connectivity index (χ2v) is 5.58. The maximum absolute atomic E-state index is 6.21. The Morgan fingerprint density at radius 3 is 2.68 bits per heavy atom. The maximum Gasteiger partial charge on any atom is 0.137 e. The molecule has 0 amide bonds. The lowest BCUT2D eigenvalue weighted by molar-refractivity contribution is 0.203. The molecule has 0 aromatic heterocycles. The summed E-state index contributed by atoms with van der Waals surface area (Å²) in [5.41, 5.74) is 7.16. The van der Waals surface area contributed by atoms with E-state index >= 15 is 0 Å². The van der Waals surface area contributed by atoms with Gasteiger partial charge in [0.15, 0.2) is 0 Å². The van der Waals surface area contributed by atoms with E-state index in [0.29, 0.717) is 17.3 Å². The molecular weight excluding hydrogens is 260 g/mol. The van der Waals surface area contributed by atoms with E-state index in [9.17, 15) is 0 Å². The van der Waals surface area contributed by atoms with Gasteiger partial charge in [0.25, 0.3) is 0 Å². The smallest absolute Gasteiger partial charge is 0.137 e. The van der Waals surface area contributed by atoms with Crippen molar-refractivity contribution in [3.8, 4) is 5.75 Å². The highest BCUT2D eigenvalue weighted by Gasteiger charge is 2.27. The summed E-state index contributed by atoms with van der Waals surface area (Å²) in [5.74, 6) is 1.58. The third-order valence-electron chi connectivity index (χ3n) is 3.82. The molecule has 106 valence electrons. The monoisotopic (exact) mass is 282 g/mol. The van der Waals surface area contributed by atoms with Crippen molar-refractivity contribution in [2.45, 2.75) is 25.8 Å². The van der Waals surface area contributed by atoms with Crippen LogP contribution >= 0.6 is 11.6 Å². The van der Waals surface area contributed by atoms with Gasteiger partial charge in [-0.1, -0.05) is 24.6 Å². The molecule has 0 aliphatic heterocycles. The third kappa shape index (κ3) is 3.62. The number of ether oxygens (including phenoxy) is 1. The Morgan fingerprint density at radius 2 is 2.21 bits per heavy atom. The summed E-state index contributed by atoms with van der Waals surface area (Å²) in [5, 5.41) is 0.654. The largest absolute Gasteiger partial charge is 0.495 e. The van der Waals surface area contributed by atoms with Gasteiger partial charge in [-0.3, -0.25) is 4.90 Å². The molecule has 1 aromatic rings. The summed E-state index contributed by atoms with van der Waals surface area (Å²) in [6.45, 7) is 4.96. The van der Waals surface area contributed by atoms with Crippen molar-refractivity contribution in [3.05, 3.63) is 28.8 Å². The lowest BCUT2D eigenvalue weighted by Gasteiger charge is -2.30. The van der Waals surface area contributed by atoms with Gasteiger partial charge < -0.3 is 10.5 Å². The van der Waals surface area contributed by atoms with Crippen LogP contribution in [0.4, 0.5) is 0 Å². The summed E-state index contributed by atoms with van der Waals surface area (Å²) in [6, 6.07) is 6.21. The number of nitrogens with zero attached hydrogens (tertiary/aromatic N) is 1. The molecule has 2 N–H and O–H groups in total.